The second-order valence-corrected chi connectivity index (χ2v) is 4.55. The zero-order valence-corrected chi connectivity index (χ0v) is 8.04. The average Bonchev–Trinajstić information content (AvgIpc) is 2.45. The van der Waals surface area contributed by atoms with Crippen LogP contribution in [0, 0.1) is 5.92 Å². The van der Waals surface area contributed by atoms with Crippen LogP contribution in [-0.4, -0.2) is 30.0 Å². The third-order valence-electron chi connectivity index (χ3n) is 3.53. The van der Waals surface area contributed by atoms with E-state index in [2.05, 4.69) is 0 Å². The quantitative estimate of drug-likeness (QED) is 0.679. The van der Waals surface area contributed by atoms with Gasteiger partial charge >= 0.3 is 0 Å². The molecule has 1 saturated heterocycles. The maximum absolute atomic E-state index is 10.1. The number of aliphatic hydroxyl groups is 1. The molecule has 1 aliphatic carbocycles. The third kappa shape index (κ3) is 1.87. The lowest BCUT2D eigenvalue weighted by atomic mass is 9.77. The van der Waals surface area contributed by atoms with Crippen LogP contribution in [-0.2, 0) is 4.74 Å². The first-order valence-electron chi connectivity index (χ1n) is 5.26. The van der Waals surface area contributed by atoms with Gasteiger partial charge in [-0.3, -0.25) is 0 Å². The van der Waals surface area contributed by atoms with Gasteiger partial charge in [-0.1, -0.05) is 19.3 Å². The van der Waals surface area contributed by atoms with Gasteiger partial charge in [0.15, 0.2) is 0 Å². The minimum atomic E-state index is -0.727. The van der Waals surface area contributed by atoms with Crippen LogP contribution in [0.4, 0.5) is 0 Å². The molecule has 2 rings (SSSR count). The fraction of sp³-hybridized carbons (Fsp3) is 1.00. The molecule has 3 N–H and O–H groups in total. The first-order valence-corrected chi connectivity index (χ1v) is 5.26. The maximum atomic E-state index is 10.1. The smallest absolute Gasteiger partial charge is 0.105 e. The van der Waals surface area contributed by atoms with E-state index in [1.165, 1.54) is 19.3 Å². The van der Waals surface area contributed by atoms with E-state index in [1.54, 1.807) is 0 Å². The molecule has 2 aliphatic rings. The number of ether oxygens (including phenoxy) is 1. The van der Waals surface area contributed by atoms with Crippen LogP contribution in [0.25, 0.3) is 0 Å². The Morgan fingerprint density at radius 1 is 1.54 bits per heavy atom. The summed E-state index contributed by atoms with van der Waals surface area (Å²) in [6.45, 7) is 1.09. The third-order valence-corrected chi connectivity index (χ3v) is 3.53. The maximum Gasteiger partial charge on any atom is 0.105 e. The van der Waals surface area contributed by atoms with E-state index in [9.17, 15) is 5.11 Å². The topological polar surface area (TPSA) is 55.5 Å². The van der Waals surface area contributed by atoms with Crippen LogP contribution in [0.5, 0.6) is 0 Å². The van der Waals surface area contributed by atoms with Crippen LogP contribution in [0.1, 0.15) is 32.1 Å². The second kappa shape index (κ2) is 3.56. The van der Waals surface area contributed by atoms with Crippen molar-refractivity contribution >= 4 is 0 Å². The summed E-state index contributed by atoms with van der Waals surface area (Å²) in [5, 5.41) is 10.1. The summed E-state index contributed by atoms with van der Waals surface area (Å²) in [4.78, 5) is 0. The van der Waals surface area contributed by atoms with Gasteiger partial charge in [-0.2, -0.15) is 0 Å². The van der Waals surface area contributed by atoms with Crippen molar-refractivity contribution in [3.63, 3.8) is 0 Å². The molecule has 0 aromatic heterocycles. The van der Waals surface area contributed by atoms with Crippen LogP contribution in [0.3, 0.4) is 0 Å². The second-order valence-electron chi connectivity index (χ2n) is 4.55. The minimum Gasteiger partial charge on any atom is -0.386 e. The molecule has 76 valence electrons. The van der Waals surface area contributed by atoms with Gasteiger partial charge in [0.1, 0.15) is 5.60 Å². The van der Waals surface area contributed by atoms with Gasteiger partial charge in [-0.15, -0.1) is 0 Å². The van der Waals surface area contributed by atoms with Crippen LogP contribution >= 0.6 is 0 Å². The molecule has 2 atom stereocenters. The zero-order chi connectivity index (χ0) is 9.31. The zero-order valence-electron chi connectivity index (χ0n) is 8.04. The summed E-state index contributed by atoms with van der Waals surface area (Å²) in [5.41, 5.74) is 5.27. The van der Waals surface area contributed by atoms with E-state index >= 15 is 0 Å². The Morgan fingerprint density at radius 2 is 2.31 bits per heavy atom. The molecule has 0 spiro atoms. The number of nitrogens with two attached hydrogens (primary N) is 1. The Bertz CT molecular complexity index is 174. The fourth-order valence-corrected chi connectivity index (χ4v) is 2.17. The van der Waals surface area contributed by atoms with E-state index in [-0.39, 0.29) is 6.04 Å². The van der Waals surface area contributed by atoms with Crippen LogP contribution < -0.4 is 5.73 Å². The Kier molecular flexibility index (Phi) is 2.58. The molecule has 0 bridgehead atoms. The minimum absolute atomic E-state index is 0.0831. The molecule has 0 radical (unpaired) electrons. The lowest BCUT2D eigenvalue weighted by Gasteiger charge is -2.34. The molecule has 13 heavy (non-hydrogen) atoms. The first-order chi connectivity index (χ1) is 6.21. The molecular formula is C10H19NO2. The lowest BCUT2D eigenvalue weighted by molar-refractivity contribution is -0.00561. The Labute approximate surface area is 79.3 Å². The van der Waals surface area contributed by atoms with Crippen molar-refractivity contribution in [2.75, 3.05) is 13.2 Å². The molecule has 3 heteroatoms. The van der Waals surface area contributed by atoms with E-state index in [1.807, 2.05) is 0 Å². The Morgan fingerprint density at radius 3 is 2.77 bits per heavy atom. The van der Waals surface area contributed by atoms with E-state index in [4.69, 9.17) is 10.5 Å². The van der Waals surface area contributed by atoms with Crippen molar-refractivity contribution in [1.82, 2.24) is 0 Å². The standard InChI is InChI=1S/C10H19NO2/c11-9(6-8-2-1-3-8)10(12)4-5-13-7-10/h8-9,12H,1-7,11H2. The highest BCUT2D eigenvalue weighted by molar-refractivity contribution is 4.94. The predicted octanol–water partition coefficient (Wildman–Crippen LogP) is 0.655. The van der Waals surface area contributed by atoms with Crippen LogP contribution in [0.15, 0.2) is 0 Å². The number of rotatable bonds is 3. The number of hydrogen-bond donors (Lipinski definition) is 2. The van der Waals surface area contributed by atoms with Gasteiger partial charge in [0.05, 0.1) is 6.61 Å². The summed E-state index contributed by atoms with van der Waals surface area (Å²) in [7, 11) is 0. The summed E-state index contributed by atoms with van der Waals surface area (Å²) in [5.74, 6) is 0.764. The Hall–Kier alpha value is -0.120. The summed E-state index contributed by atoms with van der Waals surface area (Å²) in [6, 6.07) is -0.0831. The van der Waals surface area contributed by atoms with Gasteiger partial charge in [0, 0.05) is 19.1 Å². The molecule has 1 aliphatic heterocycles. The van der Waals surface area contributed by atoms with Crippen molar-refractivity contribution < 1.29 is 9.84 Å². The molecule has 2 fully saturated rings. The molecule has 2 unspecified atom stereocenters. The lowest BCUT2D eigenvalue weighted by Crippen LogP contribution is -2.49. The molecule has 0 aromatic carbocycles. The highest BCUT2D eigenvalue weighted by atomic mass is 16.5. The summed E-state index contributed by atoms with van der Waals surface area (Å²) < 4.78 is 5.18. The van der Waals surface area contributed by atoms with E-state index in [0.717, 1.165) is 12.3 Å². The van der Waals surface area contributed by atoms with Gasteiger partial charge in [0.2, 0.25) is 0 Å². The summed E-state index contributed by atoms with van der Waals surface area (Å²) >= 11 is 0. The summed E-state index contributed by atoms with van der Waals surface area (Å²) in [6.07, 6.45) is 5.61. The highest BCUT2D eigenvalue weighted by Crippen LogP contribution is 2.34. The van der Waals surface area contributed by atoms with Crippen molar-refractivity contribution in [2.45, 2.75) is 43.7 Å². The van der Waals surface area contributed by atoms with Crippen molar-refractivity contribution in [2.24, 2.45) is 11.7 Å². The molecule has 0 amide bonds. The number of hydrogen-bond acceptors (Lipinski definition) is 3. The predicted molar refractivity (Wildman–Crippen MR) is 50.3 cm³/mol. The van der Waals surface area contributed by atoms with Crippen molar-refractivity contribution in [3.8, 4) is 0 Å². The SMILES string of the molecule is NC(CC1CCC1)C1(O)CCOC1. The average molecular weight is 185 g/mol. The van der Waals surface area contributed by atoms with Gasteiger partial charge < -0.3 is 15.6 Å². The largest absolute Gasteiger partial charge is 0.386 e. The first kappa shape index (κ1) is 9.44. The molecule has 1 saturated carbocycles. The monoisotopic (exact) mass is 185 g/mol. The highest BCUT2D eigenvalue weighted by Gasteiger charge is 2.39. The van der Waals surface area contributed by atoms with Gasteiger partial charge in [-0.25, -0.2) is 0 Å². The van der Waals surface area contributed by atoms with Gasteiger partial charge in [0.25, 0.3) is 0 Å². The normalized spacial score (nSPS) is 37.4. The van der Waals surface area contributed by atoms with E-state index in [0.29, 0.717) is 19.6 Å². The molecule has 1 heterocycles. The van der Waals surface area contributed by atoms with E-state index < -0.39 is 5.60 Å². The molecular weight excluding hydrogens is 166 g/mol. The fourth-order valence-electron chi connectivity index (χ4n) is 2.17. The molecule has 0 aromatic rings. The van der Waals surface area contributed by atoms with Gasteiger partial charge in [-0.05, 0) is 12.3 Å². The Balaban J connectivity index is 1.83. The molecule has 3 nitrogen and oxygen atoms in total. The van der Waals surface area contributed by atoms with Crippen molar-refractivity contribution in [1.29, 1.82) is 0 Å². The van der Waals surface area contributed by atoms with Crippen molar-refractivity contribution in [3.05, 3.63) is 0 Å². The van der Waals surface area contributed by atoms with Crippen LogP contribution in [0.2, 0.25) is 0 Å².